The van der Waals surface area contributed by atoms with Crippen LogP contribution < -0.4 is 5.32 Å². The Morgan fingerprint density at radius 1 is 1.38 bits per heavy atom. The van der Waals surface area contributed by atoms with Crippen molar-refractivity contribution in [3.8, 4) is 0 Å². The summed E-state index contributed by atoms with van der Waals surface area (Å²) in [6, 6.07) is 6.16. The van der Waals surface area contributed by atoms with Crippen LogP contribution in [0.1, 0.15) is 37.7 Å². The number of hydrogen-bond donors (Lipinski definition) is 1. The number of carbonyl (C=O) groups excluding carboxylic acids is 1. The van der Waals surface area contributed by atoms with E-state index >= 15 is 0 Å². The molecule has 2 aliphatic rings. The van der Waals surface area contributed by atoms with Crippen LogP contribution in [0.4, 0.5) is 5.13 Å². The van der Waals surface area contributed by atoms with E-state index in [4.69, 9.17) is 0 Å². The Hall–Kier alpha value is -1.42. The third-order valence-corrected chi connectivity index (χ3v) is 6.14. The average molecular weight is 300 g/mol. The lowest BCUT2D eigenvalue weighted by Crippen LogP contribution is -2.20. The number of aromatic nitrogens is 1. The number of thiazole rings is 1. The molecule has 3 nitrogen and oxygen atoms in total. The maximum atomic E-state index is 12.3. The van der Waals surface area contributed by atoms with Gasteiger partial charge in [0.25, 0.3) is 0 Å². The molecule has 2 saturated carbocycles. The van der Waals surface area contributed by atoms with Crippen LogP contribution in [0.2, 0.25) is 0 Å². The number of carbonyl (C=O) groups is 1. The Morgan fingerprint density at radius 3 is 3.00 bits per heavy atom. The number of hydrogen-bond acceptors (Lipinski definition) is 3. The molecule has 0 radical (unpaired) electrons. The monoisotopic (exact) mass is 300 g/mol. The zero-order valence-corrected chi connectivity index (χ0v) is 13.1. The number of aryl methyl sites for hydroxylation is 1. The summed E-state index contributed by atoms with van der Waals surface area (Å²) in [6.07, 6.45) is 6.02. The Balaban J connectivity index is 1.44. The minimum atomic E-state index is 0.143. The van der Waals surface area contributed by atoms with Gasteiger partial charge in [-0.25, -0.2) is 4.98 Å². The molecule has 0 aliphatic heterocycles. The van der Waals surface area contributed by atoms with Crippen LogP contribution in [-0.4, -0.2) is 10.9 Å². The second-order valence-electron chi connectivity index (χ2n) is 6.63. The number of rotatable bonds is 3. The Kier molecular flexibility index (Phi) is 3.21. The molecule has 2 fully saturated rings. The number of amides is 1. The van der Waals surface area contributed by atoms with Gasteiger partial charge in [-0.15, -0.1) is 0 Å². The first-order chi connectivity index (χ1) is 10.2. The summed E-state index contributed by atoms with van der Waals surface area (Å²) in [4.78, 5) is 16.8. The normalized spacial score (nSPS) is 27.4. The molecule has 4 rings (SSSR count). The van der Waals surface area contributed by atoms with Gasteiger partial charge in [-0.1, -0.05) is 29.9 Å². The number of fused-ring (bicyclic) bond motifs is 3. The van der Waals surface area contributed by atoms with Gasteiger partial charge in [0.15, 0.2) is 5.13 Å². The van der Waals surface area contributed by atoms with Crippen molar-refractivity contribution in [2.45, 2.75) is 39.0 Å². The van der Waals surface area contributed by atoms with Crippen LogP contribution in [0.15, 0.2) is 18.2 Å². The van der Waals surface area contributed by atoms with E-state index in [1.165, 1.54) is 25.7 Å². The van der Waals surface area contributed by atoms with Crippen molar-refractivity contribution in [3.63, 3.8) is 0 Å². The molecule has 3 atom stereocenters. The minimum absolute atomic E-state index is 0.143. The Bertz CT molecular complexity index is 693. The lowest BCUT2D eigenvalue weighted by Gasteiger charge is -2.20. The summed E-state index contributed by atoms with van der Waals surface area (Å²) >= 11 is 1.57. The van der Waals surface area contributed by atoms with Gasteiger partial charge in [0.1, 0.15) is 0 Å². The largest absolute Gasteiger partial charge is 0.302 e. The highest BCUT2D eigenvalue weighted by atomic mass is 32.1. The van der Waals surface area contributed by atoms with Crippen molar-refractivity contribution in [1.29, 1.82) is 0 Å². The van der Waals surface area contributed by atoms with Crippen LogP contribution in [0, 0.1) is 24.7 Å². The van der Waals surface area contributed by atoms with E-state index in [0.29, 0.717) is 12.3 Å². The molecule has 0 saturated heterocycles. The van der Waals surface area contributed by atoms with Crippen LogP contribution >= 0.6 is 11.3 Å². The molecule has 3 unspecified atom stereocenters. The smallest absolute Gasteiger partial charge is 0.226 e. The molecular weight excluding hydrogens is 280 g/mol. The van der Waals surface area contributed by atoms with Gasteiger partial charge in [0.2, 0.25) is 5.91 Å². The van der Waals surface area contributed by atoms with Crippen molar-refractivity contribution in [1.82, 2.24) is 4.98 Å². The SMILES string of the molecule is Cc1cccc2sc(NC(=O)CC3CC4CCC3C4)nc12. The predicted molar refractivity (Wildman–Crippen MR) is 86.5 cm³/mol. The fourth-order valence-electron chi connectivity index (χ4n) is 4.17. The third kappa shape index (κ3) is 2.46. The molecule has 4 heteroatoms. The summed E-state index contributed by atoms with van der Waals surface area (Å²) in [5, 5.41) is 3.76. The summed E-state index contributed by atoms with van der Waals surface area (Å²) < 4.78 is 1.14. The van der Waals surface area contributed by atoms with Crippen LogP contribution in [-0.2, 0) is 4.79 Å². The first kappa shape index (κ1) is 13.3. The van der Waals surface area contributed by atoms with Gasteiger partial charge >= 0.3 is 0 Å². The van der Waals surface area contributed by atoms with Gasteiger partial charge < -0.3 is 5.32 Å². The predicted octanol–water partition coefficient (Wildman–Crippen LogP) is 4.37. The van der Waals surface area contributed by atoms with Crippen LogP contribution in [0.3, 0.4) is 0 Å². The molecule has 1 aromatic heterocycles. The average Bonchev–Trinajstić information content (AvgIpc) is 3.13. The summed E-state index contributed by atoms with van der Waals surface area (Å²) in [5.74, 6) is 2.46. The first-order valence-corrected chi connectivity index (χ1v) is 8.66. The van der Waals surface area contributed by atoms with Gasteiger partial charge in [-0.2, -0.15) is 0 Å². The number of para-hydroxylation sites is 1. The highest BCUT2D eigenvalue weighted by Gasteiger charge is 2.40. The molecule has 1 heterocycles. The highest BCUT2D eigenvalue weighted by Crippen LogP contribution is 2.49. The molecule has 2 aliphatic carbocycles. The van der Waals surface area contributed by atoms with E-state index < -0.39 is 0 Å². The molecular formula is C17H20N2OS. The van der Waals surface area contributed by atoms with Gasteiger partial charge in [0.05, 0.1) is 10.2 Å². The zero-order chi connectivity index (χ0) is 14.4. The van der Waals surface area contributed by atoms with E-state index in [2.05, 4.69) is 29.4 Å². The molecule has 1 N–H and O–H groups in total. The molecule has 1 aromatic carbocycles. The minimum Gasteiger partial charge on any atom is -0.302 e. The number of anilines is 1. The number of nitrogens with zero attached hydrogens (tertiary/aromatic N) is 1. The number of benzene rings is 1. The second-order valence-corrected chi connectivity index (χ2v) is 7.66. The molecule has 1 amide bonds. The Morgan fingerprint density at radius 2 is 2.29 bits per heavy atom. The van der Waals surface area contributed by atoms with Crippen molar-refractivity contribution in [2.75, 3.05) is 5.32 Å². The molecule has 2 bridgehead atoms. The van der Waals surface area contributed by atoms with Gasteiger partial charge in [0, 0.05) is 6.42 Å². The van der Waals surface area contributed by atoms with Gasteiger partial charge in [-0.3, -0.25) is 4.79 Å². The molecule has 21 heavy (non-hydrogen) atoms. The van der Waals surface area contributed by atoms with Crippen molar-refractivity contribution >= 4 is 32.6 Å². The van der Waals surface area contributed by atoms with Crippen LogP contribution in [0.25, 0.3) is 10.2 Å². The van der Waals surface area contributed by atoms with Crippen molar-refractivity contribution in [3.05, 3.63) is 23.8 Å². The van der Waals surface area contributed by atoms with Crippen LogP contribution in [0.5, 0.6) is 0 Å². The standard InChI is InChI=1S/C17H20N2OS/c1-10-3-2-4-14-16(10)19-17(21-14)18-15(20)9-13-8-11-5-6-12(13)7-11/h2-4,11-13H,5-9H2,1H3,(H,18,19,20). The topological polar surface area (TPSA) is 42.0 Å². The maximum Gasteiger partial charge on any atom is 0.226 e. The summed E-state index contributed by atoms with van der Waals surface area (Å²) in [5.41, 5.74) is 2.18. The van der Waals surface area contributed by atoms with E-state index in [9.17, 15) is 4.79 Å². The lowest BCUT2D eigenvalue weighted by molar-refractivity contribution is -0.117. The molecule has 110 valence electrons. The highest BCUT2D eigenvalue weighted by molar-refractivity contribution is 7.22. The Labute approximate surface area is 128 Å². The van der Waals surface area contributed by atoms with E-state index in [1.54, 1.807) is 11.3 Å². The maximum absolute atomic E-state index is 12.3. The lowest BCUT2D eigenvalue weighted by atomic mass is 9.86. The summed E-state index contributed by atoms with van der Waals surface area (Å²) in [7, 11) is 0. The van der Waals surface area contributed by atoms with E-state index in [-0.39, 0.29) is 5.91 Å². The summed E-state index contributed by atoms with van der Waals surface area (Å²) in [6.45, 7) is 2.06. The fourth-order valence-corrected chi connectivity index (χ4v) is 5.13. The number of nitrogens with one attached hydrogen (secondary N) is 1. The zero-order valence-electron chi connectivity index (χ0n) is 12.3. The molecule has 2 aromatic rings. The second kappa shape index (κ2) is 5.09. The van der Waals surface area contributed by atoms with E-state index in [1.807, 2.05) is 6.07 Å². The van der Waals surface area contributed by atoms with E-state index in [0.717, 1.165) is 32.7 Å². The quantitative estimate of drug-likeness (QED) is 0.914. The molecule has 0 spiro atoms. The third-order valence-electron chi connectivity index (χ3n) is 5.20. The van der Waals surface area contributed by atoms with Gasteiger partial charge in [-0.05, 0) is 55.6 Å². The van der Waals surface area contributed by atoms with Crippen molar-refractivity contribution in [2.24, 2.45) is 17.8 Å². The van der Waals surface area contributed by atoms with Crippen molar-refractivity contribution < 1.29 is 4.79 Å². The first-order valence-electron chi connectivity index (χ1n) is 7.85. The fraction of sp³-hybridized carbons (Fsp3) is 0.529.